The predicted octanol–water partition coefficient (Wildman–Crippen LogP) is 3.07. The summed E-state index contributed by atoms with van der Waals surface area (Å²) in [6.45, 7) is -0.253. The van der Waals surface area contributed by atoms with Crippen molar-refractivity contribution in [1.82, 2.24) is 5.32 Å². The molecule has 5 nitrogen and oxygen atoms in total. The maximum Gasteiger partial charge on any atom is 0.251 e. The molecule has 7 heteroatoms. The van der Waals surface area contributed by atoms with Crippen molar-refractivity contribution in [2.45, 2.75) is 0 Å². The van der Waals surface area contributed by atoms with Gasteiger partial charge in [-0.15, -0.1) is 0 Å². The number of carbonyl (C=O) groups excluding carboxylic acids is 2. The third-order valence-corrected chi connectivity index (χ3v) is 3.20. The number of rotatable bonds is 4. The van der Waals surface area contributed by atoms with Crippen LogP contribution in [0.2, 0.25) is 10.0 Å². The van der Waals surface area contributed by atoms with Crippen LogP contribution in [0.25, 0.3) is 0 Å². The molecule has 0 aromatic heterocycles. The van der Waals surface area contributed by atoms with Crippen molar-refractivity contribution in [2.24, 2.45) is 0 Å². The van der Waals surface area contributed by atoms with Gasteiger partial charge in [-0.1, -0.05) is 29.3 Å². The molecule has 0 atom stereocenters. The minimum Gasteiger partial charge on any atom is -0.506 e. The molecule has 3 N–H and O–H groups in total. The van der Waals surface area contributed by atoms with Crippen LogP contribution in [-0.4, -0.2) is 23.5 Å². The molecule has 0 unspecified atom stereocenters. The lowest BCUT2D eigenvalue weighted by atomic mass is 10.2. The summed E-state index contributed by atoms with van der Waals surface area (Å²) in [6.07, 6.45) is 0. The molecule has 0 spiro atoms. The van der Waals surface area contributed by atoms with Gasteiger partial charge in [0.15, 0.2) is 0 Å². The van der Waals surface area contributed by atoms with Crippen LogP contribution in [0.5, 0.6) is 5.75 Å². The lowest BCUT2D eigenvalue weighted by Crippen LogP contribution is -2.32. The molecule has 0 heterocycles. The summed E-state index contributed by atoms with van der Waals surface area (Å²) in [7, 11) is 0. The number of hydrogen-bond donors (Lipinski definition) is 3. The summed E-state index contributed by atoms with van der Waals surface area (Å²) in [4.78, 5) is 23.6. The zero-order valence-corrected chi connectivity index (χ0v) is 12.8. The van der Waals surface area contributed by atoms with Crippen LogP contribution in [0.15, 0.2) is 42.5 Å². The highest BCUT2D eigenvalue weighted by atomic mass is 35.5. The van der Waals surface area contributed by atoms with E-state index in [1.807, 2.05) is 0 Å². The highest BCUT2D eigenvalue weighted by molar-refractivity contribution is 6.31. The Balaban J connectivity index is 1.93. The zero-order chi connectivity index (χ0) is 16.1. The Kier molecular flexibility index (Phi) is 5.25. The third kappa shape index (κ3) is 4.38. The van der Waals surface area contributed by atoms with Gasteiger partial charge in [0.05, 0.1) is 12.2 Å². The molecule has 0 aliphatic heterocycles. The topological polar surface area (TPSA) is 78.4 Å². The number of phenolic OH excluding ortho intramolecular Hbond substituents is 1. The number of nitrogens with one attached hydrogen (secondary N) is 2. The van der Waals surface area contributed by atoms with E-state index in [4.69, 9.17) is 23.2 Å². The van der Waals surface area contributed by atoms with Crippen molar-refractivity contribution >= 4 is 40.7 Å². The second-order valence-electron chi connectivity index (χ2n) is 4.40. The fraction of sp³-hybridized carbons (Fsp3) is 0.0667. The normalized spacial score (nSPS) is 10.1. The largest absolute Gasteiger partial charge is 0.506 e. The molecule has 0 aliphatic carbocycles. The first-order chi connectivity index (χ1) is 10.5. The van der Waals surface area contributed by atoms with Crippen LogP contribution in [0.1, 0.15) is 10.4 Å². The predicted molar refractivity (Wildman–Crippen MR) is 85.5 cm³/mol. The van der Waals surface area contributed by atoms with E-state index in [2.05, 4.69) is 10.6 Å². The first-order valence-corrected chi connectivity index (χ1v) is 7.03. The Bertz CT molecular complexity index is 720. The quantitative estimate of drug-likeness (QED) is 0.749. The number of amides is 2. The number of anilines is 1. The Morgan fingerprint density at radius 1 is 1.05 bits per heavy atom. The van der Waals surface area contributed by atoms with E-state index in [0.717, 1.165) is 0 Å². The van der Waals surface area contributed by atoms with Gasteiger partial charge in [-0.3, -0.25) is 9.59 Å². The van der Waals surface area contributed by atoms with Crippen LogP contribution in [0.4, 0.5) is 5.69 Å². The Labute approximate surface area is 136 Å². The van der Waals surface area contributed by atoms with Crippen molar-refractivity contribution in [3.63, 3.8) is 0 Å². The number of hydrogen-bond acceptors (Lipinski definition) is 3. The average molecular weight is 339 g/mol. The van der Waals surface area contributed by atoms with E-state index in [-0.39, 0.29) is 18.0 Å². The maximum atomic E-state index is 11.9. The number of benzene rings is 2. The van der Waals surface area contributed by atoms with Crippen molar-refractivity contribution in [2.75, 3.05) is 11.9 Å². The SMILES string of the molecule is O=C(CNC(=O)c1cccc(Cl)c1)Nc1cc(Cl)ccc1O. The number of carbonyl (C=O) groups is 2. The number of aromatic hydroxyl groups is 1. The molecule has 2 rings (SSSR count). The van der Waals surface area contributed by atoms with Gasteiger partial charge in [0.2, 0.25) is 5.91 Å². The van der Waals surface area contributed by atoms with Crippen molar-refractivity contribution < 1.29 is 14.7 Å². The molecule has 2 aromatic carbocycles. The zero-order valence-electron chi connectivity index (χ0n) is 11.3. The maximum absolute atomic E-state index is 11.9. The van der Waals surface area contributed by atoms with Gasteiger partial charge < -0.3 is 15.7 Å². The summed E-state index contributed by atoms with van der Waals surface area (Å²) in [6, 6.07) is 10.6. The fourth-order valence-electron chi connectivity index (χ4n) is 1.70. The first-order valence-electron chi connectivity index (χ1n) is 6.28. The summed E-state index contributed by atoms with van der Waals surface area (Å²) in [5.41, 5.74) is 0.528. The van der Waals surface area contributed by atoms with E-state index in [9.17, 15) is 14.7 Å². The van der Waals surface area contributed by atoms with Crippen LogP contribution in [0, 0.1) is 0 Å². The monoisotopic (exact) mass is 338 g/mol. The lowest BCUT2D eigenvalue weighted by Gasteiger charge is -2.09. The molecule has 22 heavy (non-hydrogen) atoms. The number of phenols is 1. The summed E-state index contributed by atoms with van der Waals surface area (Å²) in [5.74, 6) is -1.03. The van der Waals surface area contributed by atoms with E-state index in [1.54, 1.807) is 18.2 Å². The smallest absolute Gasteiger partial charge is 0.251 e. The Morgan fingerprint density at radius 3 is 2.50 bits per heavy atom. The van der Waals surface area contributed by atoms with Gasteiger partial charge in [-0.05, 0) is 36.4 Å². The fourth-order valence-corrected chi connectivity index (χ4v) is 2.06. The summed E-state index contributed by atoms with van der Waals surface area (Å²) in [5, 5.41) is 15.3. The molecular formula is C15H12Cl2N2O3. The summed E-state index contributed by atoms with van der Waals surface area (Å²) < 4.78 is 0. The average Bonchev–Trinajstić information content (AvgIpc) is 2.48. The molecule has 114 valence electrons. The highest BCUT2D eigenvalue weighted by Crippen LogP contribution is 2.26. The van der Waals surface area contributed by atoms with Gasteiger partial charge in [-0.2, -0.15) is 0 Å². The van der Waals surface area contributed by atoms with E-state index < -0.39 is 11.8 Å². The van der Waals surface area contributed by atoms with E-state index in [0.29, 0.717) is 15.6 Å². The lowest BCUT2D eigenvalue weighted by molar-refractivity contribution is -0.115. The molecule has 0 saturated heterocycles. The van der Waals surface area contributed by atoms with Crippen molar-refractivity contribution in [3.8, 4) is 5.75 Å². The van der Waals surface area contributed by atoms with Crippen molar-refractivity contribution in [1.29, 1.82) is 0 Å². The Morgan fingerprint density at radius 2 is 1.77 bits per heavy atom. The minimum atomic E-state index is -0.493. The van der Waals surface area contributed by atoms with Crippen molar-refractivity contribution in [3.05, 3.63) is 58.1 Å². The molecule has 0 radical (unpaired) electrons. The molecular weight excluding hydrogens is 327 g/mol. The highest BCUT2D eigenvalue weighted by Gasteiger charge is 2.10. The number of halogens is 2. The van der Waals surface area contributed by atoms with Gasteiger partial charge in [-0.25, -0.2) is 0 Å². The van der Waals surface area contributed by atoms with Gasteiger partial charge in [0.1, 0.15) is 5.75 Å². The molecule has 0 fully saturated rings. The molecule has 2 aromatic rings. The molecule has 0 aliphatic rings. The standard InChI is InChI=1S/C15H12Cl2N2O3/c16-10-3-1-2-9(6-10)15(22)18-8-14(21)19-12-7-11(17)4-5-13(12)20/h1-7,20H,8H2,(H,18,22)(H,19,21). The third-order valence-electron chi connectivity index (χ3n) is 2.73. The molecule has 0 saturated carbocycles. The Hall–Kier alpha value is -2.24. The van der Waals surface area contributed by atoms with E-state index in [1.165, 1.54) is 24.3 Å². The van der Waals surface area contributed by atoms with Gasteiger partial charge >= 0.3 is 0 Å². The molecule has 0 bridgehead atoms. The molecule has 2 amide bonds. The van der Waals surface area contributed by atoms with Gasteiger partial charge in [0, 0.05) is 15.6 Å². The summed E-state index contributed by atoms with van der Waals surface area (Å²) >= 11 is 11.6. The second-order valence-corrected chi connectivity index (χ2v) is 5.28. The van der Waals surface area contributed by atoms with Crippen LogP contribution in [-0.2, 0) is 4.79 Å². The second kappa shape index (κ2) is 7.15. The van der Waals surface area contributed by atoms with Gasteiger partial charge in [0.25, 0.3) is 5.91 Å². The van der Waals surface area contributed by atoms with Crippen LogP contribution in [0.3, 0.4) is 0 Å². The van der Waals surface area contributed by atoms with Crippen LogP contribution >= 0.6 is 23.2 Å². The minimum absolute atomic E-state index is 0.112. The van der Waals surface area contributed by atoms with E-state index >= 15 is 0 Å². The van der Waals surface area contributed by atoms with Crippen LogP contribution < -0.4 is 10.6 Å². The first kappa shape index (κ1) is 16.1.